The number of carbonyl (C=O) groups is 1. The molecule has 1 aliphatic heterocycles. The maximum atomic E-state index is 10.8. The fraction of sp³-hybridized carbons (Fsp3) is 0.833. The van der Waals surface area contributed by atoms with Crippen LogP contribution in [0.2, 0.25) is 0 Å². The molecule has 0 bridgehead atoms. The summed E-state index contributed by atoms with van der Waals surface area (Å²) in [6.07, 6.45) is -6.29. The van der Waals surface area contributed by atoms with Gasteiger partial charge in [0, 0.05) is 0 Å². The molecule has 0 unspecified atom stereocenters. The summed E-state index contributed by atoms with van der Waals surface area (Å²) in [6.45, 7) is -0.799. The minimum Gasteiger partial charge on any atom is -0.394 e. The van der Waals surface area contributed by atoms with Crippen LogP contribution in [0.3, 0.4) is 0 Å². The van der Waals surface area contributed by atoms with Gasteiger partial charge in [-0.25, -0.2) is 8.37 Å². The minimum atomic E-state index is -4.33. The molecule has 88 valence electrons. The molecule has 3 N–H and O–H groups in total. The van der Waals surface area contributed by atoms with Crippen LogP contribution in [0, 0.1) is 0 Å². The summed E-state index contributed by atoms with van der Waals surface area (Å²) in [5, 5.41) is 26.8. The molecule has 0 saturated carbocycles. The first-order valence-corrected chi connectivity index (χ1v) is 5.28. The Morgan fingerprint density at radius 3 is 2.40 bits per heavy atom. The zero-order valence-electron chi connectivity index (χ0n) is 7.38. The van der Waals surface area contributed by atoms with E-state index >= 15 is 0 Å². The predicted molar refractivity (Wildman–Crippen MR) is 43.8 cm³/mol. The zero-order valence-corrected chi connectivity index (χ0v) is 8.20. The molecule has 1 rings (SSSR count). The lowest BCUT2D eigenvalue weighted by Crippen LogP contribution is -2.45. The van der Waals surface area contributed by atoms with Crippen LogP contribution < -0.4 is 0 Å². The summed E-state index contributed by atoms with van der Waals surface area (Å²) < 4.78 is 29.9. The molecule has 0 aromatic heterocycles. The fourth-order valence-electron chi connectivity index (χ4n) is 1.08. The molecular formula is C6H10O8S. The van der Waals surface area contributed by atoms with E-state index in [-0.39, 0.29) is 6.29 Å². The zero-order chi connectivity index (χ0) is 11.6. The number of hydrogen-bond donors (Lipinski definition) is 3. The summed E-state index contributed by atoms with van der Waals surface area (Å²) in [4.78, 5) is 10.4. The monoisotopic (exact) mass is 242 g/mol. The average Bonchev–Trinajstić information content (AvgIpc) is 2.51. The van der Waals surface area contributed by atoms with Crippen LogP contribution >= 0.6 is 0 Å². The molecule has 0 aliphatic carbocycles. The molecule has 1 aliphatic rings. The van der Waals surface area contributed by atoms with Crippen molar-refractivity contribution in [3.05, 3.63) is 0 Å². The molecule has 1 saturated heterocycles. The third-order valence-corrected chi connectivity index (χ3v) is 2.75. The highest BCUT2D eigenvalue weighted by atomic mass is 32.3. The lowest BCUT2D eigenvalue weighted by atomic mass is 10.0. The SMILES string of the molecule is O=C[C@@H]1OS(=O)(=O)O[C@H]1[C@@H](O)[C@H](O)CO. The van der Waals surface area contributed by atoms with Gasteiger partial charge in [-0.15, -0.1) is 0 Å². The van der Waals surface area contributed by atoms with Crippen molar-refractivity contribution < 1.29 is 36.9 Å². The third kappa shape index (κ3) is 2.71. The molecule has 15 heavy (non-hydrogen) atoms. The van der Waals surface area contributed by atoms with E-state index in [0.717, 1.165) is 0 Å². The summed E-state index contributed by atoms with van der Waals surface area (Å²) in [5.74, 6) is 0. The quantitative estimate of drug-likeness (QED) is 0.442. The van der Waals surface area contributed by atoms with E-state index in [1.807, 2.05) is 0 Å². The molecule has 1 heterocycles. The highest BCUT2D eigenvalue weighted by Gasteiger charge is 2.46. The van der Waals surface area contributed by atoms with Gasteiger partial charge in [-0.05, 0) is 0 Å². The van der Waals surface area contributed by atoms with Crippen LogP contribution in [0.1, 0.15) is 0 Å². The van der Waals surface area contributed by atoms with Crippen LogP contribution in [-0.2, 0) is 23.6 Å². The topological polar surface area (TPSA) is 130 Å². The summed E-state index contributed by atoms with van der Waals surface area (Å²) in [5.41, 5.74) is 0. The molecule has 0 spiro atoms. The average molecular weight is 242 g/mol. The number of aldehydes is 1. The van der Waals surface area contributed by atoms with E-state index in [1.54, 1.807) is 0 Å². The van der Waals surface area contributed by atoms with Gasteiger partial charge in [0.1, 0.15) is 18.3 Å². The van der Waals surface area contributed by atoms with Gasteiger partial charge in [-0.2, -0.15) is 8.42 Å². The summed E-state index contributed by atoms with van der Waals surface area (Å²) in [7, 11) is -4.33. The Labute approximate surface area is 85.4 Å². The lowest BCUT2D eigenvalue weighted by Gasteiger charge is -2.20. The summed E-state index contributed by atoms with van der Waals surface area (Å²) >= 11 is 0. The minimum absolute atomic E-state index is 0.128. The van der Waals surface area contributed by atoms with Crippen molar-refractivity contribution in [1.82, 2.24) is 0 Å². The van der Waals surface area contributed by atoms with Gasteiger partial charge in [0.15, 0.2) is 12.4 Å². The Hall–Kier alpha value is -0.580. The van der Waals surface area contributed by atoms with Crippen LogP contribution in [0.4, 0.5) is 0 Å². The van der Waals surface area contributed by atoms with Crippen molar-refractivity contribution in [2.24, 2.45) is 0 Å². The first-order valence-electron chi connectivity index (χ1n) is 3.95. The highest BCUT2D eigenvalue weighted by molar-refractivity contribution is 7.82. The molecule has 9 heteroatoms. The Kier molecular flexibility index (Phi) is 3.76. The number of hydrogen-bond acceptors (Lipinski definition) is 8. The van der Waals surface area contributed by atoms with E-state index in [9.17, 15) is 18.3 Å². The van der Waals surface area contributed by atoms with E-state index in [0.29, 0.717) is 0 Å². The largest absolute Gasteiger partial charge is 0.401 e. The second-order valence-corrected chi connectivity index (χ2v) is 4.11. The molecular weight excluding hydrogens is 232 g/mol. The number of aliphatic hydroxyl groups excluding tert-OH is 3. The second kappa shape index (κ2) is 4.51. The van der Waals surface area contributed by atoms with Crippen molar-refractivity contribution >= 4 is 16.7 Å². The van der Waals surface area contributed by atoms with Crippen molar-refractivity contribution in [1.29, 1.82) is 0 Å². The Bertz CT molecular complexity index is 324. The van der Waals surface area contributed by atoms with Crippen molar-refractivity contribution in [3.63, 3.8) is 0 Å². The molecule has 8 nitrogen and oxygen atoms in total. The third-order valence-electron chi connectivity index (χ3n) is 1.83. The molecule has 4 atom stereocenters. The van der Waals surface area contributed by atoms with E-state index in [4.69, 9.17) is 10.2 Å². The molecule has 0 aromatic rings. The Balaban J connectivity index is 2.81. The standard InChI is InChI=1S/C6H10O8S/c7-1-3(9)5(10)6-4(2-8)13-15(11,12)14-6/h2-7,9-10H,1H2/t3-,4+,5+,6-/m1/s1. The number of aliphatic hydroxyl groups is 3. The van der Waals surface area contributed by atoms with Crippen LogP contribution in [0.15, 0.2) is 0 Å². The van der Waals surface area contributed by atoms with Gasteiger partial charge in [-0.1, -0.05) is 0 Å². The van der Waals surface area contributed by atoms with Crippen LogP contribution in [-0.4, -0.2) is 61.0 Å². The second-order valence-electron chi connectivity index (χ2n) is 2.91. The Morgan fingerprint density at radius 1 is 1.33 bits per heavy atom. The van der Waals surface area contributed by atoms with Gasteiger partial charge in [-0.3, -0.25) is 0 Å². The maximum Gasteiger partial charge on any atom is 0.401 e. The number of rotatable bonds is 4. The number of carbonyl (C=O) groups excluding carboxylic acids is 1. The maximum absolute atomic E-state index is 10.8. The van der Waals surface area contributed by atoms with E-state index in [2.05, 4.69) is 8.37 Å². The molecule has 0 radical (unpaired) electrons. The van der Waals surface area contributed by atoms with Crippen molar-refractivity contribution in [3.8, 4) is 0 Å². The molecule has 0 amide bonds. The van der Waals surface area contributed by atoms with Crippen LogP contribution in [0.25, 0.3) is 0 Å². The van der Waals surface area contributed by atoms with Crippen molar-refractivity contribution in [2.45, 2.75) is 24.4 Å². The molecule has 1 fully saturated rings. The fourth-order valence-corrected chi connectivity index (χ4v) is 2.05. The van der Waals surface area contributed by atoms with Crippen LogP contribution in [0.5, 0.6) is 0 Å². The van der Waals surface area contributed by atoms with Gasteiger partial charge in [0.05, 0.1) is 6.61 Å². The normalized spacial score (nSPS) is 33.5. The van der Waals surface area contributed by atoms with Gasteiger partial charge < -0.3 is 20.1 Å². The lowest BCUT2D eigenvalue weighted by molar-refractivity contribution is -0.120. The van der Waals surface area contributed by atoms with E-state index < -0.39 is 41.4 Å². The smallest absolute Gasteiger partial charge is 0.394 e. The van der Waals surface area contributed by atoms with Gasteiger partial charge in [0.2, 0.25) is 0 Å². The Morgan fingerprint density at radius 2 is 1.93 bits per heavy atom. The van der Waals surface area contributed by atoms with E-state index in [1.165, 1.54) is 0 Å². The highest BCUT2D eigenvalue weighted by Crippen LogP contribution is 2.23. The first kappa shape index (κ1) is 12.5. The van der Waals surface area contributed by atoms with Gasteiger partial charge >= 0.3 is 10.4 Å². The predicted octanol–water partition coefficient (Wildman–Crippen LogP) is -3.07. The van der Waals surface area contributed by atoms with Crippen molar-refractivity contribution in [2.75, 3.05) is 6.61 Å². The van der Waals surface area contributed by atoms with Gasteiger partial charge in [0.25, 0.3) is 0 Å². The summed E-state index contributed by atoms with van der Waals surface area (Å²) in [6, 6.07) is 0. The first-order chi connectivity index (χ1) is 6.91. The molecule has 0 aromatic carbocycles.